The van der Waals surface area contributed by atoms with Crippen LogP contribution in [0.15, 0.2) is 66.9 Å². The molecule has 3 aromatic heterocycles. The summed E-state index contributed by atoms with van der Waals surface area (Å²) in [6.45, 7) is 6.66. The molecule has 8 heteroatoms. The Morgan fingerprint density at radius 3 is 2.50 bits per heavy atom. The van der Waals surface area contributed by atoms with E-state index in [2.05, 4.69) is 26.6 Å². The Morgan fingerprint density at radius 2 is 1.78 bits per heavy atom. The standard InChI is InChI=1S/C28H28N6O2/c1-18-14-19(2)33(31-18)16-21-6-5-7-23(15-21)30-26(35)17-34-28-27(20(3)32-34)25(12-13-29-28)22-8-10-24(36-4)11-9-22/h5-15H,16-17H2,1-4H3,(H,30,35). The lowest BCUT2D eigenvalue weighted by molar-refractivity contribution is -0.116. The minimum Gasteiger partial charge on any atom is -0.497 e. The highest BCUT2D eigenvalue weighted by molar-refractivity contribution is 5.96. The Kier molecular flexibility index (Phi) is 6.25. The van der Waals surface area contributed by atoms with Crippen LogP contribution in [0.4, 0.5) is 5.69 Å². The van der Waals surface area contributed by atoms with Crippen LogP contribution in [-0.2, 0) is 17.9 Å². The molecule has 0 aliphatic carbocycles. The minimum atomic E-state index is -0.167. The fourth-order valence-electron chi connectivity index (χ4n) is 4.49. The molecule has 0 spiro atoms. The molecule has 0 aliphatic rings. The lowest BCUT2D eigenvalue weighted by atomic mass is 10.0. The molecule has 1 N–H and O–H groups in total. The largest absolute Gasteiger partial charge is 0.497 e. The molecule has 0 unspecified atom stereocenters. The van der Waals surface area contributed by atoms with E-state index in [9.17, 15) is 4.79 Å². The van der Waals surface area contributed by atoms with Gasteiger partial charge in [0.1, 0.15) is 12.3 Å². The second-order valence-corrected chi connectivity index (χ2v) is 8.86. The highest BCUT2D eigenvalue weighted by atomic mass is 16.5. The van der Waals surface area contributed by atoms with Crippen LogP contribution in [0.25, 0.3) is 22.2 Å². The fraction of sp³-hybridized carbons (Fsp3) is 0.214. The number of ether oxygens (including phenoxy) is 1. The summed E-state index contributed by atoms with van der Waals surface area (Å²) in [6, 6.07) is 19.7. The highest BCUT2D eigenvalue weighted by Gasteiger charge is 2.16. The summed E-state index contributed by atoms with van der Waals surface area (Å²) in [7, 11) is 1.65. The van der Waals surface area contributed by atoms with Gasteiger partial charge in [0.05, 0.1) is 25.0 Å². The lowest BCUT2D eigenvalue weighted by Gasteiger charge is -2.09. The van der Waals surface area contributed by atoms with E-state index in [1.807, 2.05) is 80.1 Å². The number of nitrogens with one attached hydrogen (secondary N) is 1. The van der Waals surface area contributed by atoms with E-state index in [0.717, 1.165) is 50.6 Å². The Morgan fingerprint density at radius 1 is 0.972 bits per heavy atom. The number of nitrogens with zero attached hydrogens (tertiary/aromatic N) is 5. The molecule has 0 saturated heterocycles. The number of carbonyl (C=O) groups excluding carboxylic acids is 1. The van der Waals surface area contributed by atoms with E-state index in [1.165, 1.54) is 0 Å². The summed E-state index contributed by atoms with van der Waals surface area (Å²) in [5, 5.41) is 13.1. The van der Waals surface area contributed by atoms with Crippen LogP contribution in [0.2, 0.25) is 0 Å². The number of hydrogen-bond donors (Lipinski definition) is 1. The smallest absolute Gasteiger partial charge is 0.246 e. The molecule has 8 nitrogen and oxygen atoms in total. The van der Waals surface area contributed by atoms with Crippen molar-refractivity contribution in [2.24, 2.45) is 0 Å². The number of carbonyl (C=O) groups is 1. The van der Waals surface area contributed by atoms with Gasteiger partial charge in [-0.3, -0.25) is 9.48 Å². The number of aryl methyl sites for hydroxylation is 3. The van der Waals surface area contributed by atoms with E-state index >= 15 is 0 Å². The average Bonchev–Trinajstić information content (AvgIpc) is 3.36. The van der Waals surface area contributed by atoms with E-state index in [0.29, 0.717) is 12.2 Å². The molecule has 0 saturated carbocycles. The number of rotatable bonds is 7. The maximum absolute atomic E-state index is 13.0. The molecule has 5 rings (SSSR count). The summed E-state index contributed by atoms with van der Waals surface area (Å²) >= 11 is 0. The minimum absolute atomic E-state index is 0.0606. The van der Waals surface area contributed by atoms with Gasteiger partial charge in [0.15, 0.2) is 5.65 Å². The van der Waals surface area contributed by atoms with Crippen molar-refractivity contribution in [3.05, 3.63) is 89.5 Å². The second-order valence-electron chi connectivity index (χ2n) is 8.86. The van der Waals surface area contributed by atoms with E-state index in [1.54, 1.807) is 18.0 Å². The normalized spacial score (nSPS) is 11.1. The molecule has 0 aliphatic heterocycles. The van der Waals surface area contributed by atoms with Gasteiger partial charge in [0.2, 0.25) is 5.91 Å². The Hall–Kier alpha value is -4.46. The van der Waals surface area contributed by atoms with Crippen molar-refractivity contribution in [2.75, 3.05) is 12.4 Å². The zero-order valence-electron chi connectivity index (χ0n) is 20.8. The predicted octanol–water partition coefficient (Wildman–Crippen LogP) is 4.92. The first kappa shape index (κ1) is 23.3. The molecule has 0 radical (unpaired) electrons. The van der Waals surface area contributed by atoms with Crippen LogP contribution in [0.5, 0.6) is 5.75 Å². The van der Waals surface area contributed by atoms with Crippen LogP contribution in [-0.4, -0.2) is 37.6 Å². The summed E-state index contributed by atoms with van der Waals surface area (Å²) < 4.78 is 8.90. The number of aromatic nitrogens is 5. The first-order valence-electron chi connectivity index (χ1n) is 11.8. The van der Waals surface area contributed by atoms with Gasteiger partial charge in [-0.15, -0.1) is 0 Å². The first-order chi connectivity index (χ1) is 17.4. The fourth-order valence-corrected chi connectivity index (χ4v) is 4.49. The third-order valence-electron chi connectivity index (χ3n) is 6.15. The molecule has 36 heavy (non-hydrogen) atoms. The van der Waals surface area contributed by atoms with E-state index < -0.39 is 0 Å². The number of anilines is 1. The van der Waals surface area contributed by atoms with Crippen LogP contribution in [0.3, 0.4) is 0 Å². The van der Waals surface area contributed by atoms with E-state index in [4.69, 9.17) is 4.74 Å². The SMILES string of the molecule is COc1ccc(-c2ccnc3c2c(C)nn3CC(=O)Nc2cccc(Cn3nc(C)cc3C)c2)cc1. The Bertz CT molecular complexity index is 1550. The van der Waals surface area contributed by atoms with Gasteiger partial charge in [-0.25, -0.2) is 9.67 Å². The zero-order chi connectivity index (χ0) is 25.2. The molecule has 0 fully saturated rings. The van der Waals surface area contributed by atoms with Crippen molar-refractivity contribution in [2.45, 2.75) is 33.9 Å². The molecule has 182 valence electrons. The summed E-state index contributed by atoms with van der Waals surface area (Å²) in [5.74, 6) is 0.631. The summed E-state index contributed by atoms with van der Waals surface area (Å²) in [5.41, 5.74) is 7.44. The first-order valence-corrected chi connectivity index (χ1v) is 11.8. The molecular formula is C28H28N6O2. The van der Waals surface area contributed by atoms with E-state index in [-0.39, 0.29) is 12.5 Å². The highest BCUT2D eigenvalue weighted by Crippen LogP contribution is 2.31. The summed E-state index contributed by atoms with van der Waals surface area (Å²) in [6.07, 6.45) is 1.75. The van der Waals surface area contributed by atoms with Gasteiger partial charge in [-0.1, -0.05) is 24.3 Å². The monoisotopic (exact) mass is 480 g/mol. The molecule has 0 atom stereocenters. The molecule has 2 aromatic carbocycles. The Balaban J connectivity index is 1.35. The average molecular weight is 481 g/mol. The van der Waals surface area contributed by atoms with Gasteiger partial charge in [-0.05, 0) is 73.9 Å². The molecule has 0 bridgehead atoms. The van der Waals surface area contributed by atoms with Gasteiger partial charge >= 0.3 is 0 Å². The molecule has 5 aromatic rings. The molecule has 3 heterocycles. The van der Waals surface area contributed by atoms with Crippen LogP contribution < -0.4 is 10.1 Å². The van der Waals surface area contributed by atoms with Crippen LogP contribution in [0.1, 0.15) is 22.6 Å². The van der Waals surface area contributed by atoms with Crippen LogP contribution in [0, 0.1) is 20.8 Å². The number of fused-ring (bicyclic) bond motifs is 1. The predicted molar refractivity (Wildman–Crippen MR) is 140 cm³/mol. The maximum atomic E-state index is 13.0. The molecule has 1 amide bonds. The molecular weight excluding hydrogens is 452 g/mol. The number of pyridine rings is 1. The van der Waals surface area contributed by atoms with Gasteiger partial charge in [0.25, 0.3) is 0 Å². The number of methoxy groups -OCH3 is 1. The van der Waals surface area contributed by atoms with Crippen molar-refractivity contribution in [1.29, 1.82) is 0 Å². The quantitative estimate of drug-likeness (QED) is 0.357. The van der Waals surface area contributed by atoms with Crippen molar-refractivity contribution in [3.63, 3.8) is 0 Å². The van der Waals surface area contributed by atoms with Crippen molar-refractivity contribution in [1.82, 2.24) is 24.5 Å². The van der Waals surface area contributed by atoms with Gasteiger partial charge in [0, 0.05) is 23.0 Å². The lowest BCUT2D eigenvalue weighted by Crippen LogP contribution is -2.20. The summed E-state index contributed by atoms with van der Waals surface area (Å²) in [4.78, 5) is 17.5. The van der Waals surface area contributed by atoms with Crippen molar-refractivity contribution < 1.29 is 9.53 Å². The number of amides is 1. The van der Waals surface area contributed by atoms with Crippen molar-refractivity contribution in [3.8, 4) is 16.9 Å². The van der Waals surface area contributed by atoms with Gasteiger partial charge < -0.3 is 10.1 Å². The maximum Gasteiger partial charge on any atom is 0.246 e. The third-order valence-corrected chi connectivity index (χ3v) is 6.15. The third kappa shape index (κ3) is 4.70. The number of hydrogen-bond acceptors (Lipinski definition) is 5. The van der Waals surface area contributed by atoms with Crippen LogP contribution >= 0.6 is 0 Å². The van der Waals surface area contributed by atoms with Crippen molar-refractivity contribution >= 4 is 22.6 Å². The van der Waals surface area contributed by atoms with Gasteiger partial charge in [-0.2, -0.15) is 10.2 Å². The topological polar surface area (TPSA) is 86.9 Å². The zero-order valence-corrected chi connectivity index (χ0v) is 20.8. The Labute approximate surface area is 209 Å². The number of benzene rings is 2. The second kappa shape index (κ2) is 9.65.